The SMILES string of the molecule is CC(C)(C)NSc1ccc(NC(=O)[C@H](CC2CCCCC2)NC(=O)c2cccc(F)c2)cc1. The van der Waals surface area contributed by atoms with Gasteiger partial charge in [-0.05, 0) is 87.5 Å². The summed E-state index contributed by atoms with van der Waals surface area (Å²) >= 11 is 1.54. The van der Waals surface area contributed by atoms with Crippen LogP contribution in [0, 0.1) is 11.7 Å². The van der Waals surface area contributed by atoms with E-state index in [-0.39, 0.29) is 17.0 Å². The Kier molecular flexibility index (Phi) is 8.92. The maximum atomic E-state index is 13.6. The van der Waals surface area contributed by atoms with E-state index >= 15 is 0 Å². The van der Waals surface area contributed by atoms with E-state index in [4.69, 9.17) is 0 Å². The average Bonchev–Trinajstić information content (AvgIpc) is 2.78. The summed E-state index contributed by atoms with van der Waals surface area (Å²) in [4.78, 5) is 26.9. The Balaban J connectivity index is 1.66. The molecule has 1 atom stereocenters. The largest absolute Gasteiger partial charge is 0.340 e. The second-order valence-electron chi connectivity index (χ2n) is 9.74. The number of anilines is 1. The lowest BCUT2D eigenvalue weighted by molar-refractivity contribution is -0.118. The van der Waals surface area contributed by atoms with E-state index < -0.39 is 17.8 Å². The van der Waals surface area contributed by atoms with Gasteiger partial charge in [-0.2, -0.15) is 0 Å². The monoisotopic (exact) mass is 471 g/mol. The van der Waals surface area contributed by atoms with Gasteiger partial charge in [0.2, 0.25) is 5.91 Å². The van der Waals surface area contributed by atoms with Crippen molar-refractivity contribution in [1.82, 2.24) is 10.0 Å². The molecule has 0 saturated heterocycles. The summed E-state index contributed by atoms with van der Waals surface area (Å²) in [5.74, 6) is -0.775. The van der Waals surface area contributed by atoms with Crippen molar-refractivity contribution in [3.8, 4) is 0 Å². The summed E-state index contributed by atoms with van der Waals surface area (Å²) in [6, 6.07) is 12.5. The summed E-state index contributed by atoms with van der Waals surface area (Å²) in [5, 5.41) is 5.79. The van der Waals surface area contributed by atoms with E-state index in [1.165, 1.54) is 24.6 Å². The van der Waals surface area contributed by atoms with Crippen molar-refractivity contribution < 1.29 is 14.0 Å². The molecule has 2 aromatic carbocycles. The molecule has 0 unspecified atom stereocenters. The molecule has 178 valence electrons. The lowest BCUT2D eigenvalue weighted by Gasteiger charge is -2.26. The third-order valence-electron chi connectivity index (χ3n) is 5.60. The van der Waals surface area contributed by atoms with Crippen molar-refractivity contribution in [3.63, 3.8) is 0 Å². The number of carbonyl (C=O) groups is 2. The van der Waals surface area contributed by atoms with Gasteiger partial charge >= 0.3 is 0 Å². The Morgan fingerprint density at radius 1 is 1.06 bits per heavy atom. The minimum Gasteiger partial charge on any atom is -0.340 e. The summed E-state index contributed by atoms with van der Waals surface area (Å²) in [6.45, 7) is 6.29. The zero-order chi connectivity index (χ0) is 23.8. The molecule has 0 aromatic heterocycles. The van der Waals surface area contributed by atoms with E-state index in [1.54, 1.807) is 18.0 Å². The Morgan fingerprint density at radius 3 is 2.39 bits per heavy atom. The van der Waals surface area contributed by atoms with Crippen LogP contribution < -0.4 is 15.4 Å². The van der Waals surface area contributed by atoms with Gasteiger partial charge < -0.3 is 10.6 Å². The Bertz CT molecular complexity index is 937. The van der Waals surface area contributed by atoms with Crippen LogP contribution in [0.5, 0.6) is 0 Å². The highest BCUT2D eigenvalue weighted by molar-refractivity contribution is 7.97. The van der Waals surface area contributed by atoms with Crippen LogP contribution in [-0.2, 0) is 4.79 Å². The molecule has 1 saturated carbocycles. The molecule has 3 rings (SSSR count). The fourth-order valence-electron chi connectivity index (χ4n) is 3.91. The highest BCUT2D eigenvalue weighted by Gasteiger charge is 2.26. The van der Waals surface area contributed by atoms with Crippen molar-refractivity contribution in [2.24, 2.45) is 5.92 Å². The first-order valence-corrected chi connectivity index (χ1v) is 12.4. The molecule has 7 heteroatoms. The second kappa shape index (κ2) is 11.7. The molecule has 2 aromatic rings. The van der Waals surface area contributed by atoms with Crippen molar-refractivity contribution in [3.05, 3.63) is 59.9 Å². The number of rotatable bonds is 8. The lowest BCUT2D eigenvalue weighted by atomic mass is 9.84. The van der Waals surface area contributed by atoms with E-state index in [0.29, 0.717) is 18.0 Å². The van der Waals surface area contributed by atoms with Gasteiger partial charge in [-0.15, -0.1) is 0 Å². The summed E-state index contributed by atoms with van der Waals surface area (Å²) in [5.41, 5.74) is 0.877. The zero-order valence-corrected chi connectivity index (χ0v) is 20.4. The summed E-state index contributed by atoms with van der Waals surface area (Å²) in [6.07, 6.45) is 6.23. The van der Waals surface area contributed by atoms with E-state index in [0.717, 1.165) is 30.6 Å². The van der Waals surface area contributed by atoms with Crippen LogP contribution in [0.1, 0.15) is 69.7 Å². The summed E-state index contributed by atoms with van der Waals surface area (Å²) < 4.78 is 16.9. The molecule has 0 aliphatic heterocycles. The smallest absolute Gasteiger partial charge is 0.252 e. The third-order valence-corrected chi connectivity index (χ3v) is 6.82. The van der Waals surface area contributed by atoms with Crippen LogP contribution in [-0.4, -0.2) is 23.4 Å². The molecule has 1 aliphatic rings. The first kappa shape index (κ1) is 25.2. The van der Waals surface area contributed by atoms with Crippen LogP contribution >= 0.6 is 11.9 Å². The Hall–Kier alpha value is -2.38. The number of halogens is 1. The third kappa shape index (κ3) is 8.48. The van der Waals surface area contributed by atoms with Crippen LogP contribution in [0.25, 0.3) is 0 Å². The summed E-state index contributed by atoms with van der Waals surface area (Å²) in [7, 11) is 0. The van der Waals surface area contributed by atoms with Gasteiger partial charge in [0.25, 0.3) is 5.91 Å². The quantitative estimate of drug-likeness (QED) is 0.418. The van der Waals surface area contributed by atoms with Gasteiger partial charge in [-0.3, -0.25) is 14.3 Å². The molecule has 2 amide bonds. The first-order valence-electron chi connectivity index (χ1n) is 11.6. The Labute approximate surface area is 200 Å². The van der Waals surface area contributed by atoms with Gasteiger partial charge in [-0.1, -0.05) is 38.2 Å². The molecular weight excluding hydrogens is 437 g/mol. The van der Waals surface area contributed by atoms with Gasteiger partial charge in [0, 0.05) is 21.7 Å². The normalized spacial score (nSPS) is 15.6. The van der Waals surface area contributed by atoms with Crippen molar-refractivity contribution >= 4 is 29.4 Å². The zero-order valence-electron chi connectivity index (χ0n) is 19.6. The molecule has 0 radical (unpaired) electrons. The van der Waals surface area contributed by atoms with Gasteiger partial charge in [0.15, 0.2) is 0 Å². The molecule has 33 heavy (non-hydrogen) atoms. The highest BCUT2D eigenvalue weighted by atomic mass is 32.2. The van der Waals surface area contributed by atoms with Gasteiger partial charge in [0.1, 0.15) is 11.9 Å². The van der Waals surface area contributed by atoms with Gasteiger partial charge in [-0.25, -0.2) is 4.39 Å². The molecule has 0 heterocycles. The number of amides is 2. The van der Waals surface area contributed by atoms with Gasteiger partial charge in [0.05, 0.1) is 0 Å². The number of hydrogen-bond acceptors (Lipinski definition) is 4. The first-order chi connectivity index (χ1) is 15.7. The Morgan fingerprint density at radius 2 is 1.76 bits per heavy atom. The van der Waals surface area contributed by atoms with Crippen LogP contribution in [0.3, 0.4) is 0 Å². The second-order valence-corrected chi connectivity index (χ2v) is 10.6. The van der Waals surface area contributed by atoms with Crippen LogP contribution in [0.15, 0.2) is 53.4 Å². The van der Waals surface area contributed by atoms with Crippen molar-refractivity contribution in [1.29, 1.82) is 0 Å². The standard InChI is InChI=1S/C26H34FN3O2S/c1-26(2,3)30-33-22-14-12-21(13-15-22)28-25(32)23(16-18-8-5-4-6-9-18)29-24(31)19-10-7-11-20(27)17-19/h7,10-15,17-18,23,30H,4-6,8-9,16H2,1-3H3,(H,28,32)(H,29,31)/t23-/m0/s1. The fourth-order valence-corrected chi connectivity index (χ4v) is 4.60. The number of hydrogen-bond donors (Lipinski definition) is 3. The van der Waals surface area contributed by atoms with Crippen molar-refractivity contribution in [2.75, 3.05) is 5.32 Å². The molecule has 1 fully saturated rings. The highest BCUT2D eigenvalue weighted by Crippen LogP contribution is 2.28. The maximum Gasteiger partial charge on any atom is 0.252 e. The van der Waals surface area contributed by atoms with Crippen LogP contribution in [0.4, 0.5) is 10.1 Å². The minimum atomic E-state index is -0.680. The molecular formula is C26H34FN3O2S. The lowest BCUT2D eigenvalue weighted by Crippen LogP contribution is -2.45. The molecule has 5 nitrogen and oxygen atoms in total. The average molecular weight is 472 g/mol. The predicted molar refractivity (Wildman–Crippen MR) is 133 cm³/mol. The topological polar surface area (TPSA) is 70.2 Å². The van der Waals surface area contributed by atoms with Crippen LogP contribution in [0.2, 0.25) is 0 Å². The molecule has 1 aliphatic carbocycles. The van der Waals surface area contributed by atoms with E-state index in [9.17, 15) is 14.0 Å². The molecule has 0 bridgehead atoms. The van der Waals surface area contributed by atoms with E-state index in [1.807, 2.05) is 24.3 Å². The number of carbonyl (C=O) groups excluding carboxylic acids is 2. The number of nitrogens with one attached hydrogen (secondary N) is 3. The van der Waals surface area contributed by atoms with Crippen molar-refractivity contribution in [2.45, 2.75) is 75.8 Å². The molecule has 3 N–H and O–H groups in total. The minimum absolute atomic E-state index is 0.0101. The molecule has 0 spiro atoms. The predicted octanol–water partition coefficient (Wildman–Crippen LogP) is 5.93. The van der Waals surface area contributed by atoms with E-state index in [2.05, 4.69) is 36.1 Å². The number of benzene rings is 2. The maximum absolute atomic E-state index is 13.6. The fraction of sp³-hybridized carbons (Fsp3) is 0.462.